The largest absolute Gasteiger partial charge is 0.495 e. The highest BCUT2D eigenvalue weighted by Gasteiger charge is 2.51. The minimum Gasteiger partial charge on any atom is -0.495 e. The Morgan fingerprint density at radius 3 is 1.09 bits per heavy atom. The molecule has 26 nitrogen and oxygen atoms in total. The standard InChI is InChI=1S/C26H27ClF3N5O4S.C24H28ClN5O3S.C13H13Cl2N3O2S.C13H15F3N2O2/c1-15(2)40(37,38)21-7-5-4-6-18(21)32-22-17(27)14-31-24(34-22)33-19-12-16(8-9-20(19)39-3)13-25(10-11-25)35-23(36)26(28,29)30;1-15(2)34(31,32)21-7-5-4-6-18(21)28-22-17(25)14-27-23(30-22)29-19-12-16(8-9-20(19)33-3)13-24(26)10-11-24;1-8(2)21(19,20)11-6-4-3-5-10(11)17-12-9(14)7-16-13(15)18-12;1-20-10-3-2-8(6-9(10)17)7-12(4-5-12)18-11(19)13(14,15)16/h4-9,12,14-15H,10-11,13H2,1-3H3,(H,35,36)(H2,31,32,33,34);4-9,12,14-15H,10-11,13,26H2,1-3H3,(H2,27,28,29,30);3-8H,1-2H3,(H,16,17,18);2-3,6H,4-5,7,17H2,1H3,(H,18,19). The van der Waals surface area contributed by atoms with Crippen LogP contribution in [-0.2, 0) is 58.4 Å². The van der Waals surface area contributed by atoms with Crippen LogP contribution in [0.3, 0.4) is 0 Å². The summed E-state index contributed by atoms with van der Waals surface area (Å²) in [6, 6.07) is 35.5. The van der Waals surface area contributed by atoms with Crippen molar-refractivity contribution in [2.75, 3.05) is 53.6 Å². The first-order chi connectivity index (χ1) is 53.9. The molecule has 3 aliphatic rings. The van der Waals surface area contributed by atoms with E-state index in [-0.39, 0.29) is 82.0 Å². The molecular weight excluding hydrogens is 1650 g/mol. The number of alkyl halides is 6. The zero-order valence-electron chi connectivity index (χ0n) is 63.3. The third-order valence-electron chi connectivity index (χ3n) is 18.2. The lowest BCUT2D eigenvalue weighted by atomic mass is 10.0. The van der Waals surface area contributed by atoms with Crippen LogP contribution in [0, 0.1) is 0 Å². The Morgan fingerprint density at radius 2 is 0.765 bits per heavy atom. The fourth-order valence-corrected chi connectivity index (χ4v) is 15.4. The van der Waals surface area contributed by atoms with Crippen LogP contribution in [0.4, 0.5) is 89.8 Å². The first-order valence-electron chi connectivity index (χ1n) is 35.3. The fourth-order valence-electron chi connectivity index (χ4n) is 11.3. The molecule has 0 bridgehead atoms. The van der Waals surface area contributed by atoms with Gasteiger partial charge in [-0.3, -0.25) is 9.59 Å². The second kappa shape index (κ2) is 36.6. The molecule has 616 valence electrons. The number of ether oxygens (including phenoxy) is 3. The molecule has 39 heteroatoms. The van der Waals surface area contributed by atoms with Crippen LogP contribution in [0.2, 0.25) is 20.4 Å². The van der Waals surface area contributed by atoms with Gasteiger partial charge in [0.25, 0.3) is 0 Å². The van der Waals surface area contributed by atoms with Gasteiger partial charge in [-0.1, -0.05) is 89.4 Å². The van der Waals surface area contributed by atoms with Crippen molar-refractivity contribution >= 4 is 151 Å². The number of nitrogens with one attached hydrogen (secondary N) is 7. The summed E-state index contributed by atoms with van der Waals surface area (Å²) in [4.78, 5) is 48.0. The van der Waals surface area contributed by atoms with E-state index < -0.39 is 80.5 Å². The van der Waals surface area contributed by atoms with E-state index in [1.54, 1.807) is 146 Å². The third-order valence-corrected chi connectivity index (χ3v) is 25.9. The summed E-state index contributed by atoms with van der Waals surface area (Å²) < 4.78 is 167. The SMILES string of the molecule is CC(C)S(=O)(=O)c1ccccc1Nc1nc(Cl)ncc1Cl.COc1ccc(CC2(N)CC2)cc1Nc1ncc(Cl)c(Nc2ccccc2S(=O)(=O)C(C)C)n1.COc1ccc(CC2(NC(=O)C(F)(F)F)CC2)cc1N.COc1ccc(CC2(NC(=O)C(F)(F)F)CC2)cc1Nc1ncc(Cl)c(Nc2ccccc2S(=O)(=O)C(C)C)n1. The average molecular weight is 1730 g/mol. The van der Waals surface area contributed by atoms with Gasteiger partial charge >= 0.3 is 24.2 Å². The highest BCUT2D eigenvalue weighted by atomic mass is 35.5. The van der Waals surface area contributed by atoms with Gasteiger partial charge in [0, 0.05) is 16.6 Å². The molecule has 0 radical (unpaired) electrons. The number of hydrogen-bond acceptors (Lipinski definition) is 24. The van der Waals surface area contributed by atoms with E-state index in [4.69, 9.17) is 72.1 Å². The molecule has 0 atom stereocenters. The van der Waals surface area contributed by atoms with Crippen molar-refractivity contribution in [3.05, 3.63) is 183 Å². The summed E-state index contributed by atoms with van der Waals surface area (Å²) in [5.74, 6) is -1.25. The number of methoxy groups -OCH3 is 3. The van der Waals surface area contributed by atoms with Crippen molar-refractivity contribution < 1.29 is 75.4 Å². The number of rotatable bonds is 27. The lowest BCUT2D eigenvalue weighted by molar-refractivity contribution is -0.174. The van der Waals surface area contributed by atoms with E-state index in [2.05, 4.69) is 67.1 Å². The van der Waals surface area contributed by atoms with Gasteiger partial charge in [0.1, 0.15) is 32.3 Å². The number of carbonyl (C=O) groups is 2. The maximum Gasteiger partial charge on any atom is 0.471 e. The third kappa shape index (κ3) is 23.5. The number of benzene rings is 6. The summed E-state index contributed by atoms with van der Waals surface area (Å²) in [6.45, 7) is 9.71. The first-order valence-corrected chi connectivity index (χ1v) is 41.5. The molecule has 3 heterocycles. The zero-order chi connectivity index (χ0) is 84.4. The molecule has 6 aromatic carbocycles. The quantitative estimate of drug-likeness (QED) is 0.0131. The second-order valence-electron chi connectivity index (χ2n) is 28.0. The lowest BCUT2D eigenvalue weighted by Crippen LogP contribution is -2.45. The smallest absolute Gasteiger partial charge is 0.471 e. The molecule has 12 rings (SSSR count). The molecule has 0 spiro atoms. The van der Waals surface area contributed by atoms with Gasteiger partial charge in [0.2, 0.25) is 17.2 Å². The summed E-state index contributed by atoms with van der Waals surface area (Å²) in [6.07, 6.45) is -0.452. The minimum atomic E-state index is -4.96. The van der Waals surface area contributed by atoms with Crippen LogP contribution in [0.15, 0.2) is 161 Å². The Bertz CT molecular complexity index is 5400. The highest BCUT2D eigenvalue weighted by Crippen LogP contribution is 2.44. The van der Waals surface area contributed by atoms with E-state index in [0.29, 0.717) is 83.4 Å². The van der Waals surface area contributed by atoms with Crippen LogP contribution >= 0.6 is 46.4 Å². The normalized spacial score (nSPS) is 14.4. The molecule has 3 aromatic heterocycles. The van der Waals surface area contributed by atoms with Crippen molar-refractivity contribution in [1.29, 1.82) is 0 Å². The number of hydrogen-bond donors (Lipinski definition) is 9. The molecule has 11 N–H and O–H groups in total. The Morgan fingerprint density at radius 1 is 0.443 bits per heavy atom. The average Bonchev–Trinajstić information content (AvgIpc) is 1.72. The molecule has 2 amide bonds. The Labute approximate surface area is 681 Å². The van der Waals surface area contributed by atoms with E-state index >= 15 is 0 Å². The predicted octanol–water partition coefficient (Wildman–Crippen LogP) is 16.1. The van der Waals surface area contributed by atoms with Gasteiger partial charge in [-0.05, 0) is 200 Å². The van der Waals surface area contributed by atoms with Crippen molar-refractivity contribution in [1.82, 2.24) is 40.5 Å². The number of nitrogens with two attached hydrogens (primary N) is 2. The lowest BCUT2D eigenvalue weighted by Gasteiger charge is -2.20. The van der Waals surface area contributed by atoms with E-state index in [1.807, 2.05) is 18.2 Å². The number of halogens is 10. The van der Waals surface area contributed by atoms with Crippen molar-refractivity contribution in [2.24, 2.45) is 5.73 Å². The maximum absolute atomic E-state index is 12.8. The number of nitrogens with zero attached hydrogens (tertiary/aromatic N) is 6. The number of para-hydroxylation sites is 3. The molecule has 3 saturated carbocycles. The Kier molecular flexibility index (Phi) is 28.4. The van der Waals surface area contributed by atoms with E-state index in [0.717, 1.165) is 30.4 Å². The zero-order valence-corrected chi connectivity index (χ0v) is 68.8. The molecule has 0 unspecified atom stereocenters. The molecule has 0 aliphatic heterocycles. The molecule has 0 saturated heterocycles. The summed E-state index contributed by atoms with van der Waals surface area (Å²) in [5.41, 5.74) is 15.3. The minimum absolute atomic E-state index is 0.0195. The monoisotopic (exact) mass is 1730 g/mol. The highest BCUT2D eigenvalue weighted by molar-refractivity contribution is 7.92. The maximum atomic E-state index is 12.8. The number of nitrogen functional groups attached to an aromatic ring is 1. The molecule has 3 aliphatic carbocycles. The van der Waals surface area contributed by atoms with Crippen molar-refractivity contribution in [3.63, 3.8) is 0 Å². The van der Waals surface area contributed by atoms with Crippen molar-refractivity contribution in [2.45, 2.75) is 159 Å². The number of aromatic nitrogens is 6. The number of carbonyl (C=O) groups excluding carboxylic acids is 2. The van der Waals surface area contributed by atoms with Crippen molar-refractivity contribution in [3.8, 4) is 17.2 Å². The summed E-state index contributed by atoms with van der Waals surface area (Å²) in [5, 5.41) is 18.2. The van der Waals surface area contributed by atoms with Crippen LogP contribution in [0.5, 0.6) is 17.2 Å². The predicted molar refractivity (Wildman–Crippen MR) is 432 cm³/mol. The van der Waals surface area contributed by atoms with Crippen LogP contribution in [0.1, 0.15) is 96.8 Å². The molecule has 115 heavy (non-hydrogen) atoms. The first kappa shape index (κ1) is 89.2. The molecule has 9 aromatic rings. The fraction of sp³-hybridized carbons (Fsp3) is 0.342. The van der Waals surface area contributed by atoms with Gasteiger partial charge in [-0.15, -0.1) is 0 Å². The van der Waals surface area contributed by atoms with Gasteiger partial charge in [0.15, 0.2) is 47.0 Å². The number of sulfone groups is 3. The number of anilines is 11. The Balaban J connectivity index is 0.000000183. The van der Waals surface area contributed by atoms with Crippen LogP contribution in [-0.4, -0.2) is 133 Å². The van der Waals surface area contributed by atoms with Gasteiger partial charge in [0.05, 0.1) is 104 Å². The van der Waals surface area contributed by atoms with E-state index in [1.165, 1.54) is 44.9 Å². The van der Waals surface area contributed by atoms with Crippen LogP contribution in [0.25, 0.3) is 0 Å². The van der Waals surface area contributed by atoms with Gasteiger partial charge in [-0.2, -0.15) is 41.3 Å². The van der Waals surface area contributed by atoms with Crippen LogP contribution < -0.4 is 62.9 Å². The van der Waals surface area contributed by atoms with Gasteiger partial charge in [-0.25, -0.2) is 40.2 Å². The topological polar surface area (TPSA) is 378 Å². The summed E-state index contributed by atoms with van der Waals surface area (Å²) >= 11 is 24.4. The molecule has 3 fully saturated rings. The molecular formula is C76H83Cl4F6N15O11S3. The second-order valence-corrected chi connectivity index (χ2v) is 37.0. The summed E-state index contributed by atoms with van der Waals surface area (Å²) in [7, 11) is -6.03. The number of amides is 2. The van der Waals surface area contributed by atoms with E-state index in [9.17, 15) is 61.2 Å². The van der Waals surface area contributed by atoms with Gasteiger partial charge < -0.3 is 62.9 Å². The Hall–Kier alpha value is -9.75.